The summed E-state index contributed by atoms with van der Waals surface area (Å²) in [6.07, 6.45) is 1.80. The number of hydrogen-bond acceptors (Lipinski definition) is 7. The first-order chi connectivity index (χ1) is 13.7. The second kappa shape index (κ2) is 8.02. The lowest BCUT2D eigenvalue weighted by Crippen LogP contribution is -2.29. The van der Waals surface area contributed by atoms with Crippen LogP contribution in [0.5, 0.6) is 5.75 Å². The molecule has 28 heavy (non-hydrogen) atoms. The van der Waals surface area contributed by atoms with Gasteiger partial charge in [-0.15, -0.1) is 0 Å². The topological polar surface area (TPSA) is 77.3 Å². The summed E-state index contributed by atoms with van der Waals surface area (Å²) in [5.74, 6) is 2.45. The molecular weight excluding hydrogens is 356 g/mol. The summed E-state index contributed by atoms with van der Waals surface area (Å²) in [6.45, 7) is 3.14. The SMILES string of the molecule is COCCCNc1nc2c3c(nn(C)c3n1)CCN2Cc1ccc(OC)cc1. The number of hydrogen-bond donors (Lipinski definition) is 1. The van der Waals surface area contributed by atoms with Gasteiger partial charge in [-0.25, -0.2) is 4.68 Å². The van der Waals surface area contributed by atoms with Gasteiger partial charge in [0.25, 0.3) is 0 Å². The van der Waals surface area contributed by atoms with Crippen molar-refractivity contribution in [2.75, 3.05) is 44.1 Å². The maximum absolute atomic E-state index is 5.26. The smallest absolute Gasteiger partial charge is 0.226 e. The Labute approximate surface area is 164 Å². The van der Waals surface area contributed by atoms with E-state index in [1.165, 1.54) is 5.56 Å². The van der Waals surface area contributed by atoms with E-state index < -0.39 is 0 Å². The molecule has 0 saturated carbocycles. The predicted octanol–water partition coefficient (Wildman–Crippen LogP) is 2.38. The average Bonchev–Trinajstić information content (AvgIpc) is 3.04. The molecule has 4 rings (SSSR count). The Kier molecular flexibility index (Phi) is 5.29. The summed E-state index contributed by atoms with van der Waals surface area (Å²) in [7, 11) is 5.33. The van der Waals surface area contributed by atoms with Gasteiger partial charge in [0.05, 0.1) is 18.2 Å². The maximum atomic E-state index is 5.26. The van der Waals surface area contributed by atoms with Crippen molar-refractivity contribution in [3.8, 4) is 5.75 Å². The molecule has 8 heteroatoms. The summed E-state index contributed by atoms with van der Waals surface area (Å²) in [4.78, 5) is 11.8. The summed E-state index contributed by atoms with van der Waals surface area (Å²) in [6, 6.07) is 8.18. The molecule has 1 N–H and O–H groups in total. The Balaban J connectivity index is 1.63. The van der Waals surface area contributed by atoms with Gasteiger partial charge < -0.3 is 19.7 Å². The van der Waals surface area contributed by atoms with Crippen LogP contribution in [0, 0.1) is 0 Å². The molecule has 0 amide bonds. The number of ether oxygens (including phenoxy) is 2. The van der Waals surface area contributed by atoms with Crippen molar-refractivity contribution in [1.29, 1.82) is 0 Å². The number of nitrogens with one attached hydrogen (secondary N) is 1. The molecule has 0 atom stereocenters. The molecule has 0 bridgehead atoms. The molecule has 0 unspecified atom stereocenters. The molecule has 1 aliphatic heterocycles. The van der Waals surface area contributed by atoms with E-state index in [1.54, 1.807) is 14.2 Å². The van der Waals surface area contributed by atoms with E-state index in [0.29, 0.717) is 12.6 Å². The van der Waals surface area contributed by atoms with Crippen LogP contribution >= 0.6 is 0 Å². The Morgan fingerprint density at radius 3 is 2.71 bits per heavy atom. The lowest BCUT2D eigenvalue weighted by molar-refractivity contribution is 0.197. The second-order valence-electron chi connectivity index (χ2n) is 6.93. The van der Waals surface area contributed by atoms with Gasteiger partial charge in [0, 0.05) is 46.8 Å². The molecule has 2 aromatic heterocycles. The molecule has 0 spiro atoms. The third-order valence-electron chi connectivity index (χ3n) is 5.00. The van der Waals surface area contributed by atoms with Crippen LogP contribution in [0.2, 0.25) is 0 Å². The zero-order valence-corrected chi connectivity index (χ0v) is 16.6. The van der Waals surface area contributed by atoms with E-state index in [4.69, 9.17) is 19.4 Å². The fourth-order valence-corrected chi connectivity index (χ4v) is 3.56. The zero-order valence-electron chi connectivity index (χ0n) is 16.6. The molecule has 0 aliphatic carbocycles. The zero-order chi connectivity index (χ0) is 19.5. The van der Waals surface area contributed by atoms with Crippen LogP contribution in [0.3, 0.4) is 0 Å². The molecule has 1 aliphatic rings. The number of aryl methyl sites for hydroxylation is 1. The van der Waals surface area contributed by atoms with E-state index >= 15 is 0 Å². The van der Waals surface area contributed by atoms with Crippen LogP contribution in [0.4, 0.5) is 11.8 Å². The van der Waals surface area contributed by atoms with Crippen molar-refractivity contribution in [3.63, 3.8) is 0 Å². The maximum Gasteiger partial charge on any atom is 0.226 e. The molecule has 0 saturated heterocycles. The highest BCUT2D eigenvalue weighted by atomic mass is 16.5. The first-order valence-electron chi connectivity index (χ1n) is 9.54. The predicted molar refractivity (Wildman–Crippen MR) is 109 cm³/mol. The molecule has 0 radical (unpaired) electrons. The highest BCUT2D eigenvalue weighted by molar-refractivity contribution is 5.92. The van der Waals surface area contributed by atoms with E-state index in [2.05, 4.69) is 27.4 Å². The normalized spacial score (nSPS) is 13.2. The van der Waals surface area contributed by atoms with Gasteiger partial charge in [0.15, 0.2) is 5.65 Å². The third-order valence-corrected chi connectivity index (χ3v) is 5.00. The van der Waals surface area contributed by atoms with Crippen LogP contribution in [0.15, 0.2) is 24.3 Å². The van der Waals surface area contributed by atoms with E-state index in [-0.39, 0.29) is 0 Å². The molecule has 3 aromatic rings. The van der Waals surface area contributed by atoms with Gasteiger partial charge in [-0.3, -0.25) is 0 Å². The van der Waals surface area contributed by atoms with Crippen molar-refractivity contribution in [3.05, 3.63) is 35.5 Å². The molecule has 0 fully saturated rings. The van der Waals surface area contributed by atoms with Gasteiger partial charge in [0.2, 0.25) is 5.95 Å². The van der Waals surface area contributed by atoms with Crippen LogP contribution in [0.25, 0.3) is 11.0 Å². The molecular formula is C20H26N6O2. The van der Waals surface area contributed by atoms with E-state index in [1.807, 2.05) is 23.9 Å². The fourth-order valence-electron chi connectivity index (χ4n) is 3.56. The number of nitrogens with zero attached hydrogens (tertiary/aromatic N) is 5. The van der Waals surface area contributed by atoms with Crippen molar-refractivity contribution < 1.29 is 9.47 Å². The highest BCUT2D eigenvalue weighted by Gasteiger charge is 2.26. The van der Waals surface area contributed by atoms with Crippen molar-refractivity contribution in [2.24, 2.45) is 7.05 Å². The third kappa shape index (κ3) is 3.60. The summed E-state index contributed by atoms with van der Waals surface area (Å²) in [5.41, 5.74) is 3.16. The molecule has 148 valence electrons. The lowest BCUT2D eigenvalue weighted by atomic mass is 10.1. The first kappa shape index (κ1) is 18.5. The Morgan fingerprint density at radius 1 is 1.14 bits per heavy atom. The summed E-state index contributed by atoms with van der Waals surface area (Å²) < 4.78 is 12.2. The van der Waals surface area contributed by atoms with Crippen molar-refractivity contribution >= 4 is 22.8 Å². The number of aromatic nitrogens is 4. The first-order valence-corrected chi connectivity index (χ1v) is 9.54. The van der Waals surface area contributed by atoms with Crippen LogP contribution < -0.4 is 15.0 Å². The van der Waals surface area contributed by atoms with Crippen LogP contribution in [-0.2, 0) is 24.8 Å². The molecule has 3 heterocycles. The van der Waals surface area contributed by atoms with Crippen molar-refractivity contribution in [2.45, 2.75) is 19.4 Å². The Morgan fingerprint density at radius 2 is 1.96 bits per heavy atom. The van der Waals surface area contributed by atoms with Gasteiger partial charge in [-0.2, -0.15) is 15.1 Å². The van der Waals surface area contributed by atoms with Gasteiger partial charge in [-0.05, 0) is 24.1 Å². The monoisotopic (exact) mass is 382 g/mol. The Bertz CT molecular complexity index is 953. The van der Waals surface area contributed by atoms with Gasteiger partial charge in [0.1, 0.15) is 11.6 Å². The standard InChI is InChI=1S/C20H26N6O2/c1-25-18-17-16(24-25)9-11-26(13-14-5-7-15(28-3)8-6-14)19(17)23-20(22-18)21-10-4-12-27-2/h5-8H,4,9-13H2,1-3H3,(H,21,22,23). The molecule has 1 aromatic carbocycles. The number of benzene rings is 1. The quantitative estimate of drug-likeness (QED) is 0.599. The van der Waals surface area contributed by atoms with Gasteiger partial charge in [-0.1, -0.05) is 12.1 Å². The minimum atomic E-state index is 0.634. The second-order valence-corrected chi connectivity index (χ2v) is 6.93. The van der Waals surface area contributed by atoms with E-state index in [0.717, 1.165) is 60.8 Å². The summed E-state index contributed by atoms with van der Waals surface area (Å²) in [5, 5.41) is 9.04. The fraction of sp³-hybridized carbons (Fsp3) is 0.450. The largest absolute Gasteiger partial charge is 0.497 e. The van der Waals surface area contributed by atoms with Gasteiger partial charge >= 0.3 is 0 Å². The number of rotatable bonds is 8. The Hall–Kier alpha value is -2.87. The summed E-state index contributed by atoms with van der Waals surface area (Å²) >= 11 is 0. The lowest BCUT2D eigenvalue weighted by Gasteiger charge is -2.28. The minimum Gasteiger partial charge on any atom is -0.497 e. The average molecular weight is 382 g/mol. The molecule has 8 nitrogen and oxygen atoms in total. The van der Waals surface area contributed by atoms with Crippen molar-refractivity contribution in [1.82, 2.24) is 19.7 Å². The minimum absolute atomic E-state index is 0.634. The highest BCUT2D eigenvalue weighted by Crippen LogP contribution is 2.33. The van der Waals surface area contributed by atoms with Crippen LogP contribution in [0.1, 0.15) is 17.7 Å². The number of methoxy groups -OCH3 is 2. The van der Waals surface area contributed by atoms with E-state index in [9.17, 15) is 0 Å². The number of anilines is 2. The van der Waals surface area contributed by atoms with Crippen LogP contribution in [-0.4, -0.2) is 53.7 Å².